The average Bonchev–Trinajstić information content (AvgIpc) is 2.68. The highest BCUT2D eigenvalue weighted by Crippen LogP contribution is 2.42. The maximum Gasteiger partial charge on any atom is 0.240 e. The Kier molecular flexibility index (Phi) is 6.54. The first-order chi connectivity index (χ1) is 13.5. The SMILES string of the molecule is COCOc1c(C2=NNC(=O)CC2C)cc(C)c(OCc2ccccc2)c1Cl. The average molecular weight is 403 g/mol. The van der Waals surface area contributed by atoms with Gasteiger partial charge >= 0.3 is 0 Å². The molecule has 1 unspecified atom stereocenters. The van der Waals surface area contributed by atoms with Gasteiger partial charge in [0.1, 0.15) is 17.4 Å². The number of carbonyl (C=O) groups excluding carboxylic acids is 1. The molecular formula is C21H23ClN2O4. The third kappa shape index (κ3) is 4.46. The molecule has 1 amide bonds. The molecule has 0 saturated carbocycles. The maximum atomic E-state index is 11.6. The maximum absolute atomic E-state index is 11.6. The van der Waals surface area contributed by atoms with Gasteiger partial charge in [0.25, 0.3) is 0 Å². The number of hydrazone groups is 1. The van der Waals surface area contributed by atoms with Crippen molar-refractivity contribution in [3.63, 3.8) is 0 Å². The van der Waals surface area contributed by atoms with Crippen molar-refractivity contribution in [2.45, 2.75) is 26.9 Å². The summed E-state index contributed by atoms with van der Waals surface area (Å²) in [6.45, 7) is 4.28. The van der Waals surface area contributed by atoms with E-state index in [9.17, 15) is 4.79 Å². The van der Waals surface area contributed by atoms with Crippen LogP contribution in [-0.2, 0) is 16.1 Å². The van der Waals surface area contributed by atoms with Crippen molar-refractivity contribution in [3.8, 4) is 11.5 Å². The van der Waals surface area contributed by atoms with Crippen molar-refractivity contribution >= 4 is 23.2 Å². The van der Waals surface area contributed by atoms with E-state index in [2.05, 4.69) is 10.5 Å². The normalized spacial score (nSPS) is 16.4. The summed E-state index contributed by atoms with van der Waals surface area (Å²) < 4.78 is 16.8. The van der Waals surface area contributed by atoms with Gasteiger partial charge in [0.05, 0.1) is 5.71 Å². The summed E-state index contributed by atoms with van der Waals surface area (Å²) in [6.07, 6.45) is 0.353. The summed E-state index contributed by atoms with van der Waals surface area (Å²) in [5.41, 5.74) is 5.86. The molecule has 1 atom stereocenters. The molecule has 2 aromatic rings. The summed E-state index contributed by atoms with van der Waals surface area (Å²) in [5, 5.41) is 4.59. The topological polar surface area (TPSA) is 69.2 Å². The molecule has 3 rings (SSSR count). The van der Waals surface area contributed by atoms with Gasteiger partial charge in [-0.15, -0.1) is 0 Å². The minimum atomic E-state index is -0.110. The van der Waals surface area contributed by atoms with Gasteiger partial charge in [0.2, 0.25) is 5.91 Å². The van der Waals surface area contributed by atoms with E-state index in [1.807, 2.05) is 50.2 Å². The minimum Gasteiger partial charge on any atom is -0.487 e. The van der Waals surface area contributed by atoms with Crippen LogP contribution in [0.3, 0.4) is 0 Å². The molecule has 7 heteroatoms. The van der Waals surface area contributed by atoms with Gasteiger partial charge in [-0.25, -0.2) is 5.43 Å². The highest BCUT2D eigenvalue weighted by Gasteiger charge is 2.27. The van der Waals surface area contributed by atoms with Gasteiger partial charge in [0, 0.05) is 25.0 Å². The number of hydrogen-bond acceptors (Lipinski definition) is 5. The molecule has 28 heavy (non-hydrogen) atoms. The smallest absolute Gasteiger partial charge is 0.240 e. The monoisotopic (exact) mass is 402 g/mol. The molecule has 0 aromatic heterocycles. The number of hydrogen-bond donors (Lipinski definition) is 1. The highest BCUT2D eigenvalue weighted by atomic mass is 35.5. The van der Waals surface area contributed by atoms with Crippen LogP contribution in [0.5, 0.6) is 11.5 Å². The van der Waals surface area contributed by atoms with E-state index in [4.69, 9.17) is 25.8 Å². The fourth-order valence-corrected chi connectivity index (χ4v) is 3.44. The number of nitrogens with one attached hydrogen (secondary N) is 1. The van der Waals surface area contributed by atoms with Gasteiger partial charge in [-0.05, 0) is 24.1 Å². The van der Waals surface area contributed by atoms with Crippen molar-refractivity contribution in [2.75, 3.05) is 13.9 Å². The number of benzene rings is 2. The molecule has 1 heterocycles. The molecule has 148 valence electrons. The van der Waals surface area contributed by atoms with Crippen LogP contribution >= 0.6 is 11.6 Å². The van der Waals surface area contributed by atoms with Gasteiger partial charge in [-0.1, -0.05) is 48.9 Å². The lowest BCUT2D eigenvalue weighted by molar-refractivity contribution is -0.121. The van der Waals surface area contributed by atoms with Crippen LogP contribution in [0.15, 0.2) is 41.5 Å². The third-order valence-corrected chi connectivity index (χ3v) is 4.79. The first-order valence-corrected chi connectivity index (χ1v) is 9.37. The van der Waals surface area contributed by atoms with Crippen LogP contribution in [-0.4, -0.2) is 25.5 Å². The Balaban J connectivity index is 1.98. The second-order valence-corrected chi connectivity index (χ2v) is 7.05. The molecule has 0 saturated heterocycles. The first-order valence-electron chi connectivity index (χ1n) is 8.99. The molecule has 2 aromatic carbocycles. The molecule has 1 aliphatic heterocycles. The lowest BCUT2D eigenvalue weighted by atomic mass is 9.92. The fraction of sp³-hybridized carbons (Fsp3) is 0.333. The van der Waals surface area contributed by atoms with Crippen LogP contribution in [0.25, 0.3) is 0 Å². The number of carbonyl (C=O) groups is 1. The van der Waals surface area contributed by atoms with E-state index in [0.29, 0.717) is 35.3 Å². The summed E-state index contributed by atoms with van der Waals surface area (Å²) in [4.78, 5) is 11.6. The van der Waals surface area contributed by atoms with E-state index in [1.54, 1.807) is 0 Å². The number of halogens is 1. The van der Waals surface area contributed by atoms with E-state index >= 15 is 0 Å². The van der Waals surface area contributed by atoms with Crippen LogP contribution in [0.2, 0.25) is 5.02 Å². The second-order valence-electron chi connectivity index (χ2n) is 6.68. The first kappa shape index (κ1) is 20.2. The molecule has 1 aliphatic rings. The summed E-state index contributed by atoms with van der Waals surface area (Å²) in [7, 11) is 1.54. The van der Waals surface area contributed by atoms with Gasteiger partial charge in [0.15, 0.2) is 12.5 Å². The van der Waals surface area contributed by atoms with Crippen molar-refractivity contribution < 1.29 is 19.0 Å². The molecule has 0 bridgehead atoms. The Bertz CT molecular complexity index is 884. The largest absolute Gasteiger partial charge is 0.487 e. The Morgan fingerprint density at radius 1 is 1.21 bits per heavy atom. The zero-order valence-corrected chi connectivity index (χ0v) is 16.9. The molecule has 0 fully saturated rings. The Morgan fingerprint density at radius 2 is 1.96 bits per heavy atom. The molecule has 1 N–H and O–H groups in total. The zero-order valence-electron chi connectivity index (χ0n) is 16.1. The van der Waals surface area contributed by atoms with E-state index in [1.165, 1.54) is 7.11 Å². The number of amides is 1. The lowest BCUT2D eigenvalue weighted by Crippen LogP contribution is -2.32. The number of aryl methyl sites for hydroxylation is 1. The van der Waals surface area contributed by atoms with E-state index in [-0.39, 0.29) is 18.6 Å². The Labute approximate surface area is 169 Å². The summed E-state index contributed by atoms with van der Waals surface area (Å²) in [6, 6.07) is 11.8. The van der Waals surface area contributed by atoms with Gasteiger partial charge in [-0.2, -0.15) is 5.10 Å². The summed E-state index contributed by atoms with van der Waals surface area (Å²) in [5.74, 6) is 0.804. The number of methoxy groups -OCH3 is 1. The molecule has 6 nitrogen and oxygen atoms in total. The predicted molar refractivity (Wildman–Crippen MR) is 108 cm³/mol. The van der Waals surface area contributed by atoms with Crippen LogP contribution in [0, 0.1) is 12.8 Å². The zero-order chi connectivity index (χ0) is 20.1. The summed E-state index contributed by atoms with van der Waals surface area (Å²) >= 11 is 6.67. The molecule has 0 radical (unpaired) electrons. The predicted octanol–water partition coefficient (Wildman–Crippen LogP) is 4.07. The number of rotatable bonds is 7. The van der Waals surface area contributed by atoms with Crippen molar-refractivity contribution in [1.29, 1.82) is 0 Å². The lowest BCUT2D eigenvalue weighted by Gasteiger charge is -2.23. The van der Waals surface area contributed by atoms with Crippen LogP contribution in [0.1, 0.15) is 30.0 Å². The molecule has 0 spiro atoms. The van der Waals surface area contributed by atoms with Gasteiger partial charge in [-0.3, -0.25) is 4.79 Å². The fourth-order valence-electron chi connectivity index (χ4n) is 3.08. The molecular weight excluding hydrogens is 380 g/mol. The highest BCUT2D eigenvalue weighted by molar-refractivity contribution is 6.34. The minimum absolute atomic E-state index is 0.0297. The van der Waals surface area contributed by atoms with Crippen LogP contribution < -0.4 is 14.9 Å². The third-order valence-electron chi connectivity index (χ3n) is 4.44. The Morgan fingerprint density at radius 3 is 2.64 bits per heavy atom. The van der Waals surface area contributed by atoms with E-state index < -0.39 is 0 Å². The number of ether oxygens (including phenoxy) is 3. The standard InChI is InChI=1S/C21H23ClN2O4/c1-13-10-17(25)23-24-19(13)16-9-14(2)20(18(22)21(16)28-12-26-3)27-11-15-7-5-4-6-8-15/h4-9,13H,10-12H2,1-3H3,(H,23,25). The molecule has 0 aliphatic carbocycles. The van der Waals surface area contributed by atoms with Crippen LogP contribution in [0.4, 0.5) is 0 Å². The Hall–Kier alpha value is -2.57. The van der Waals surface area contributed by atoms with Crippen molar-refractivity contribution in [3.05, 3.63) is 58.1 Å². The quantitative estimate of drug-likeness (QED) is 0.709. The number of nitrogens with zero attached hydrogens (tertiary/aromatic N) is 1. The van der Waals surface area contributed by atoms with Crippen molar-refractivity contribution in [2.24, 2.45) is 11.0 Å². The van der Waals surface area contributed by atoms with E-state index in [0.717, 1.165) is 16.7 Å². The second kappa shape index (κ2) is 9.08. The van der Waals surface area contributed by atoms with Gasteiger partial charge < -0.3 is 14.2 Å². The van der Waals surface area contributed by atoms with Crippen molar-refractivity contribution in [1.82, 2.24) is 5.43 Å².